The van der Waals surface area contributed by atoms with Crippen LogP contribution in [-0.4, -0.2) is 42.4 Å². The lowest BCUT2D eigenvalue weighted by Crippen LogP contribution is -2.47. The Balaban J connectivity index is 0.00000400. The number of nitrogens with one attached hydrogen (secondary N) is 2. The summed E-state index contributed by atoms with van der Waals surface area (Å²) in [5.74, 6) is -0.286. The minimum Gasteiger partial charge on any atom is -0.376 e. The van der Waals surface area contributed by atoms with Crippen molar-refractivity contribution in [1.29, 1.82) is 0 Å². The molecular formula is C15H24ClN3O2. The predicted molar refractivity (Wildman–Crippen MR) is 87.7 cm³/mol. The molecule has 1 aromatic carbocycles. The van der Waals surface area contributed by atoms with Crippen molar-refractivity contribution in [3.05, 3.63) is 30.3 Å². The fourth-order valence-electron chi connectivity index (χ4n) is 1.63. The lowest BCUT2D eigenvalue weighted by Gasteiger charge is -2.23. The van der Waals surface area contributed by atoms with E-state index in [1.807, 2.05) is 51.1 Å². The Labute approximate surface area is 132 Å². The largest absolute Gasteiger partial charge is 0.376 e. The van der Waals surface area contributed by atoms with Crippen LogP contribution in [0.25, 0.3) is 0 Å². The average Bonchev–Trinajstić information content (AvgIpc) is 2.34. The van der Waals surface area contributed by atoms with E-state index in [9.17, 15) is 9.59 Å². The number of likely N-dealkylation sites (N-methyl/N-ethyl adjacent to an activating group) is 1. The Bertz CT molecular complexity index is 458. The number of nitrogens with zero attached hydrogens (tertiary/aromatic N) is 1. The number of hydrogen-bond donors (Lipinski definition) is 2. The lowest BCUT2D eigenvalue weighted by molar-refractivity contribution is -0.133. The summed E-state index contributed by atoms with van der Waals surface area (Å²) in [5.41, 5.74) is 0.594. The zero-order valence-electron chi connectivity index (χ0n) is 13.0. The van der Waals surface area contributed by atoms with E-state index in [1.165, 1.54) is 4.90 Å². The van der Waals surface area contributed by atoms with Crippen LogP contribution in [0, 0.1) is 0 Å². The third kappa shape index (κ3) is 8.19. The molecule has 2 amide bonds. The van der Waals surface area contributed by atoms with Crippen LogP contribution in [0.3, 0.4) is 0 Å². The van der Waals surface area contributed by atoms with Gasteiger partial charge < -0.3 is 15.5 Å². The number of carbonyl (C=O) groups is 2. The van der Waals surface area contributed by atoms with Crippen molar-refractivity contribution in [2.24, 2.45) is 0 Å². The minimum atomic E-state index is -0.288. The molecule has 0 heterocycles. The van der Waals surface area contributed by atoms with Gasteiger partial charge in [-0.15, -0.1) is 12.4 Å². The molecule has 0 aliphatic heterocycles. The van der Waals surface area contributed by atoms with Gasteiger partial charge in [-0.3, -0.25) is 9.59 Å². The third-order valence-corrected chi connectivity index (χ3v) is 2.54. The molecule has 5 nitrogen and oxygen atoms in total. The van der Waals surface area contributed by atoms with Gasteiger partial charge in [0, 0.05) is 18.3 Å². The molecule has 0 aliphatic rings. The highest BCUT2D eigenvalue weighted by Crippen LogP contribution is 2.04. The van der Waals surface area contributed by atoms with E-state index in [1.54, 1.807) is 7.05 Å². The molecule has 0 saturated carbocycles. The molecule has 21 heavy (non-hydrogen) atoms. The standard InChI is InChI=1S/C15H23N3O2.ClH/c1-15(2,3)17-13(19)11-18(4)14(20)10-16-12-8-6-5-7-9-12;/h5-9,16H,10-11H2,1-4H3,(H,17,19);1H. The highest BCUT2D eigenvalue weighted by Gasteiger charge is 2.17. The van der Waals surface area contributed by atoms with Crippen LogP contribution < -0.4 is 10.6 Å². The maximum absolute atomic E-state index is 11.9. The van der Waals surface area contributed by atoms with Crippen molar-refractivity contribution in [3.8, 4) is 0 Å². The maximum atomic E-state index is 11.9. The first-order chi connectivity index (χ1) is 9.28. The molecule has 0 bridgehead atoms. The van der Waals surface area contributed by atoms with E-state index < -0.39 is 0 Å². The molecule has 118 valence electrons. The second-order valence-corrected chi connectivity index (χ2v) is 5.77. The summed E-state index contributed by atoms with van der Waals surface area (Å²) in [5, 5.41) is 5.85. The Kier molecular flexibility index (Phi) is 7.81. The van der Waals surface area contributed by atoms with Gasteiger partial charge in [0.1, 0.15) is 0 Å². The van der Waals surface area contributed by atoms with Crippen LogP contribution >= 0.6 is 12.4 Å². The first-order valence-electron chi connectivity index (χ1n) is 6.62. The molecular weight excluding hydrogens is 290 g/mol. The zero-order valence-corrected chi connectivity index (χ0v) is 13.8. The monoisotopic (exact) mass is 313 g/mol. The van der Waals surface area contributed by atoms with Gasteiger partial charge in [-0.1, -0.05) is 18.2 Å². The van der Waals surface area contributed by atoms with Crippen molar-refractivity contribution >= 4 is 29.9 Å². The number of para-hydroxylation sites is 1. The minimum absolute atomic E-state index is 0. The number of carbonyl (C=O) groups excluding carboxylic acids is 2. The molecule has 0 atom stereocenters. The van der Waals surface area contributed by atoms with Gasteiger partial charge >= 0.3 is 0 Å². The Morgan fingerprint density at radius 3 is 2.24 bits per heavy atom. The molecule has 0 saturated heterocycles. The van der Waals surface area contributed by atoms with Crippen LogP contribution in [0.2, 0.25) is 0 Å². The van der Waals surface area contributed by atoms with Crippen molar-refractivity contribution < 1.29 is 9.59 Å². The van der Waals surface area contributed by atoms with E-state index in [2.05, 4.69) is 10.6 Å². The van der Waals surface area contributed by atoms with E-state index in [0.717, 1.165) is 5.69 Å². The van der Waals surface area contributed by atoms with Gasteiger partial charge in [-0.2, -0.15) is 0 Å². The number of amides is 2. The van der Waals surface area contributed by atoms with Gasteiger partial charge in [0.15, 0.2) is 0 Å². The smallest absolute Gasteiger partial charge is 0.242 e. The number of hydrogen-bond acceptors (Lipinski definition) is 3. The molecule has 6 heteroatoms. The van der Waals surface area contributed by atoms with Crippen molar-refractivity contribution in [2.45, 2.75) is 26.3 Å². The molecule has 1 rings (SSSR count). The molecule has 0 fully saturated rings. The van der Waals surface area contributed by atoms with E-state index in [4.69, 9.17) is 0 Å². The van der Waals surface area contributed by atoms with E-state index in [-0.39, 0.29) is 42.8 Å². The number of benzene rings is 1. The van der Waals surface area contributed by atoms with Crippen molar-refractivity contribution in [2.75, 3.05) is 25.5 Å². The molecule has 0 spiro atoms. The highest BCUT2D eigenvalue weighted by molar-refractivity contribution is 5.87. The first kappa shape index (κ1) is 19.2. The molecule has 0 aliphatic carbocycles. The summed E-state index contributed by atoms with van der Waals surface area (Å²) < 4.78 is 0. The molecule has 0 aromatic heterocycles. The highest BCUT2D eigenvalue weighted by atomic mass is 35.5. The topological polar surface area (TPSA) is 61.4 Å². The fourth-order valence-corrected chi connectivity index (χ4v) is 1.63. The summed E-state index contributed by atoms with van der Waals surface area (Å²) in [6.45, 7) is 5.95. The molecule has 1 aromatic rings. The normalized spacial score (nSPS) is 10.3. The Hall–Kier alpha value is -1.75. The predicted octanol–water partition coefficient (Wildman–Crippen LogP) is 1.89. The number of halogens is 1. The SMILES string of the molecule is CN(CC(=O)NC(C)(C)C)C(=O)CNc1ccccc1.Cl. The summed E-state index contributed by atoms with van der Waals surface area (Å²) >= 11 is 0. The Morgan fingerprint density at radius 2 is 1.71 bits per heavy atom. The zero-order chi connectivity index (χ0) is 15.2. The van der Waals surface area contributed by atoms with Gasteiger partial charge in [0.25, 0.3) is 0 Å². The van der Waals surface area contributed by atoms with Crippen LogP contribution in [0.1, 0.15) is 20.8 Å². The van der Waals surface area contributed by atoms with Crippen LogP contribution in [0.4, 0.5) is 5.69 Å². The number of anilines is 1. The van der Waals surface area contributed by atoms with Gasteiger partial charge in [-0.05, 0) is 32.9 Å². The average molecular weight is 314 g/mol. The van der Waals surface area contributed by atoms with Crippen molar-refractivity contribution in [3.63, 3.8) is 0 Å². The van der Waals surface area contributed by atoms with E-state index >= 15 is 0 Å². The summed E-state index contributed by atoms with van der Waals surface area (Å²) in [6.07, 6.45) is 0. The third-order valence-electron chi connectivity index (χ3n) is 2.54. The summed E-state index contributed by atoms with van der Waals surface area (Å²) in [4.78, 5) is 25.0. The fraction of sp³-hybridized carbons (Fsp3) is 0.467. The molecule has 0 unspecified atom stereocenters. The summed E-state index contributed by atoms with van der Waals surface area (Å²) in [6, 6.07) is 9.48. The second kappa shape index (κ2) is 8.52. The maximum Gasteiger partial charge on any atom is 0.242 e. The van der Waals surface area contributed by atoms with Crippen LogP contribution in [0.5, 0.6) is 0 Å². The first-order valence-corrected chi connectivity index (χ1v) is 6.62. The molecule has 0 radical (unpaired) electrons. The van der Waals surface area contributed by atoms with Crippen LogP contribution in [0.15, 0.2) is 30.3 Å². The van der Waals surface area contributed by atoms with Crippen LogP contribution in [-0.2, 0) is 9.59 Å². The van der Waals surface area contributed by atoms with E-state index in [0.29, 0.717) is 0 Å². The summed E-state index contributed by atoms with van der Waals surface area (Å²) in [7, 11) is 1.62. The van der Waals surface area contributed by atoms with Gasteiger partial charge in [0.2, 0.25) is 11.8 Å². The lowest BCUT2D eigenvalue weighted by atomic mass is 10.1. The Morgan fingerprint density at radius 1 is 1.14 bits per heavy atom. The second-order valence-electron chi connectivity index (χ2n) is 5.77. The number of rotatable bonds is 5. The van der Waals surface area contributed by atoms with Gasteiger partial charge in [0.05, 0.1) is 13.1 Å². The van der Waals surface area contributed by atoms with Crippen molar-refractivity contribution in [1.82, 2.24) is 10.2 Å². The van der Waals surface area contributed by atoms with Gasteiger partial charge in [-0.25, -0.2) is 0 Å². The quantitative estimate of drug-likeness (QED) is 0.872. The molecule has 2 N–H and O–H groups in total.